The minimum absolute atomic E-state index is 0.0465. The molecular formula is C29H32N8O. The van der Waals surface area contributed by atoms with Crippen molar-refractivity contribution in [3.8, 4) is 6.07 Å². The molecule has 9 nitrogen and oxygen atoms in total. The number of fused-ring (bicyclic) bond motifs is 1. The molecule has 3 aromatic rings. The Hall–Kier alpha value is -4.16. The van der Waals surface area contributed by atoms with Crippen molar-refractivity contribution in [1.82, 2.24) is 24.2 Å². The number of allylic oxidation sites excluding steroid dienone is 2. The Kier molecular flexibility index (Phi) is 6.80. The van der Waals surface area contributed by atoms with E-state index in [9.17, 15) is 10.1 Å². The molecule has 1 amide bonds. The number of rotatable bonds is 6. The maximum Gasteiger partial charge on any atom is 0.242 e. The number of nitriles is 1. The molecular weight excluding hydrogens is 476 g/mol. The molecule has 194 valence electrons. The van der Waals surface area contributed by atoms with Crippen molar-refractivity contribution in [3.63, 3.8) is 0 Å². The number of pyridine rings is 2. The Labute approximate surface area is 222 Å². The molecule has 0 aromatic carbocycles. The van der Waals surface area contributed by atoms with E-state index in [1.165, 1.54) is 25.9 Å². The highest BCUT2D eigenvalue weighted by Gasteiger charge is 2.25. The molecule has 1 aliphatic carbocycles. The third kappa shape index (κ3) is 4.75. The fourth-order valence-corrected chi connectivity index (χ4v) is 5.67. The Morgan fingerprint density at radius 3 is 2.68 bits per heavy atom. The molecule has 2 saturated heterocycles. The summed E-state index contributed by atoms with van der Waals surface area (Å²) in [7, 11) is 0. The SMILES string of the molecule is N#Cc1cccnc1N1CCN(C(=O)CNc2c(C3=CCC(N4CCCC4)C=C3)nc3ccccn23)CC1. The molecule has 5 heterocycles. The van der Waals surface area contributed by atoms with Gasteiger partial charge in [-0.3, -0.25) is 14.1 Å². The largest absolute Gasteiger partial charge is 0.360 e. The van der Waals surface area contributed by atoms with Gasteiger partial charge in [-0.15, -0.1) is 0 Å². The summed E-state index contributed by atoms with van der Waals surface area (Å²) in [4.78, 5) is 29.0. The summed E-state index contributed by atoms with van der Waals surface area (Å²) in [6.07, 6.45) is 14.0. The van der Waals surface area contributed by atoms with Crippen molar-refractivity contribution in [3.05, 3.63) is 72.2 Å². The van der Waals surface area contributed by atoms with Gasteiger partial charge < -0.3 is 15.1 Å². The molecule has 1 atom stereocenters. The standard InChI is InChI=1S/C29H32N8O/c30-20-23-6-5-12-31-28(23)36-18-16-35(17-19-36)26(38)21-32-29-27(33-25-7-1-2-15-37(25)29)22-8-10-24(11-9-22)34-13-3-4-14-34/h1-2,5-10,12,15,24,32H,3-4,11,13-14,16-19,21H2. The van der Waals surface area contributed by atoms with Crippen LogP contribution in [0.2, 0.25) is 0 Å². The summed E-state index contributed by atoms with van der Waals surface area (Å²) in [5, 5.41) is 12.8. The van der Waals surface area contributed by atoms with Crippen LogP contribution in [0.15, 0.2) is 61.0 Å². The summed E-state index contributed by atoms with van der Waals surface area (Å²) < 4.78 is 2.02. The molecule has 0 saturated carbocycles. The number of hydrogen-bond acceptors (Lipinski definition) is 7. The first-order valence-electron chi connectivity index (χ1n) is 13.4. The van der Waals surface area contributed by atoms with E-state index >= 15 is 0 Å². The lowest BCUT2D eigenvalue weighted by molar-refractivity contribution is -0.129. The monoisotopic (exact) mass is 508 g/mol. The molecule has 6 rings (SSSR count). The van der Waals surface area contributed by atoms with Gasteiger partial charge in [0.25, 0.3) is 0 Å². The smallest absolute Gasteiger partial charge is 0.242 e. The van der Waals surface area contributed by atoms with Crippen LogP contribution in [-0.2, 0) is 4.79 Å². The van der Waals surface area contributed by atoms with E-state index in [0.29, 0.717) is 43.6 Å². The molecule has 3 aromatic heterocycles. The van der Waals surface area contributed by atoms with Crippen LogP contribution in [-0.4, -0.2) is 81.9 Å². The highest BCUT2D eigenvalue weighted by Crippen LogP contribution is 2.30. The maximum atomic E-state index is 13.2. The van der Waals surface area contributed by atoms with Crippen LogP contribution in [0.3, 0.4) is 0 Å². The minimum Gasteiger partial charge on any atom is -0.360 e. The third-order valence-corrected chi connectivity index (χ3v) is 7.74. The van der Waals surface area contributed by atoms with Crippen molar-refractivity contribution in [2.45, 2.75) is 25.3 Å². The van der Waals surface area contributed by atoms with E-state index in [1.807, 2.05) is 33.7 Å². The van der Waals surface area contributed by atoms with Crippen molar-refractivity contribution in [1.29, 1.82) is 5.26 Å². The van der Waals surface area contributed by atoms with Gasteiger partial charge in [-0.2, -0.15) is 5.26 Å². The average molecular weight is 509 g/mol. The fraction of sp³-hybridized carbons (Fsp3) is 0.379. The fourth-order valence-electron chi connectivity index (χ4n) is 5.67. The first kappa shape index (κ1) is 24.2. The molecule has 1 unspecified atom stereocenters. The number of likely N-dealkylation sites (tertiary alicyclic amines) is 1. The van der Waals surface area contributed by atoms with Gasteiger partial charge in [0.05, 0.1) is 12.1 Å². The zero-order valence-electron chi connectivity index (χ0n) is 21.5. The van der Waals surface area contributed by atoms with Crippen molar-refractivity contribution < 1.29 is 4.79 Å². The lowest BCUT2D eigenvalue weighted by atomic mass is 9.99. The number of anilines is 2. The number of piperazine rings is 1. The maximum absolute atomic E-state index is 13.2. The first-order chi connectivity index (χ1) is 18.7. The van der Waals surface area contributed by atoms with Gasteiger partial charge in [-0.25, -0.2) is 9.97 Å². The quantitative estimate of drug-likeness (QED) is 0.547. The topological polar surface area (TPSA) is 92.8 Å². The van der Waals surface area contributed by atoms with Crippen molar-refractivity contribution in [2.75, 3.05) is 56.0 Å². The number of imidazole rings is 1. The second-order valence-electron chi connectivity index (χ2n) is 10.0. The second-order valence-corrected chi connectivity index (χ2v) is 10.0. The van der Waals surface area contributed by atoms with E-state index in [0.717, 1.165) is 29.2 Å². The summed E-state index contributed by atoms with van der Waals surface area (Å²) in [6.45, 7) is 5.02. The number of carbonyl (C=O) groups is 1. The Morgan fingerprint density at radius 2 is 1.92 bits per heavy atom. The van der Waals surface area contributed by atoms with Gasteiger partial charge in [0.15, 0.2) is 0 Å². The lowest BCUT2D eigenvalue weighted by Crippen LogP contribution is -2.50. The Bertz CT molecular complexity index is 1420. The predicted molar refractivity (Wildman–Crippen MR) is 148 cm³/mol. The lowest BCUT2D eigenvalue weighted by Gasteiger charge is -2.35. The molecule has 1 N–H and O–H groups in total. The zero-order valence-corrected chi connectivity index (χ0v) is 21.5. The first-order valence-corrected chi connectivity index (χ1v) is 13.4. The van der Waals surface area contributed by atoms with Crippen molar-refractivity contribution in [2.24, 2.45) is 0 Å². The van der Waals surface area contributed by atoms with Crippen LogP contribution in [0.1, 0.15) is 30.5 Å². The van der Waals surface area contributed by atoms with E-state index < -0.39 is 0 Å². The van der Waals surface area contributed by atoms with E-state index in [2.05, 4.69) is 44.4 Å². The van der Waals surface area contributed by atoms with E-state index in [4.69, 9.17) is 4.98 Å². The van der Waals surface area contributed by atoms with Crippen molar-refractivity contribution >= 4 is 28.8 Å². The summed E-state index contributed by atoms with van der Waals surface area (Å²) >= 11 is 0. The highest BCUT2D eigenvalue weighted by atomic mass is 16.2. The van der Waals surface area contributed by atoms with Crippen LogP contribution in [0.4, 0.5) is 11.6 Å². The normalized spacial score (nSPS) is 20.0. The van der Waals surface area contributed by atoms with Gasteiger partial charge in [0, 0.05) is 44.6 Å². The number of carbonyl (C=O) groups excluding carboxylic acids is 1. The summed E-state index contributed by atoms with van der Waals surface area (Å²) in [5.74, 6) is 1.58. The number of amides is 1. The molecule has 0 spiro atoms. The summed E-state index contributed by atoms with van der Waals surface area (Å²) in [5.41, 5.74) is 3.39. The molecule has 3 aliphatic rings. The molecule has 38 heavy (non-hydrogen) atoms. The molecule has 2 fully saturated rings. The summed E-state index contributed by atoms with van der Waals surface area (Å²) in [6, 6.07) is 12.2. The predicted octanol–water partition coefficient (Wildman–Crippen LogP) is 3.17. The second kappa shape index (κ2) is 10.7. The number of nitrogens with one attached hydrogen (secondary N) is 1. The zero-order chi connectivity index (χ0) is 25.9. The number of nitrogens with zero attached hydrogens (tertiary/aromatic N) is 7. The van der Waals surface area contributed by atoms with E-state index in [1.54, 1.807) is 18.3 Å². The molecule has 0 bridgehead atoms. The molecule has 9 heteroatoms. The number of hydrogen-bond donors (Lipinski definition) is 1. The average Bonchev–Trinajstić information content (AvgIpc) is 3.65. The highest BCUT2D eigenvalue weighted by molar-refractivity contribution is 5.85. The Morgan fingerprint density at radius 1 is 1.08 bits per heavy atom. The van der Waals surface area contributed by atoms with E-state index in [-0.39, 0.29) is 12.5 Å². The number of aromatic nitrogens is 3. The van der Waals surface area contributed by atoms with Crippen LogP contribution < -0.4 is 10.2 Å². The van der Waals surface area contributed by atoms with Gasteiger partial charge in [0.2, 0.25) is 5.91 Å². The Balaban J connectivity index is 1.13. The molecule has 2 aliphatic heterocycles. The van der Waals surface area contributed by atoms with Gasteiger partial charge in [0.1, 0.15) is 29.0 Å². The van der Waals surface area contributed by atoms with Gasteiger partial charge in [-0.05, 0) is 62.2 Å². The minimum atomic E-state index is 0.0465. The van der Waals surface area contributed by atoms with Gasteiger partial charge in [-0.1, -0.05) is 24.3 Å². The third-order valence-electron chi connectivity index (χ3n) is 7.74. The van der Waals surface area contributed by atoms with Crippen LogP contribution >= 0.6 is 0 Å². The van der Waals surface area contributed by atoms with Crippen LogP contribution in [0, 0.1) is 11.3 Å². The molecule has 0 radical (unpaired) electrons. The van der Waals surface area contributed by atoms with Crippen LogP contribution in [0.5, 0.6) is 0 Å². The van der Waals surface area contributed by atoms with Crippen LogP contribution in [0.25, 0.3) is 11.2 Å². The van der Waals surface area contributed by atoms with Gasteiger partial charge >= 0.3 is 0 Å².